The van der Waals surface area contributed by atoms with Gasteiger partial charge in [0.05, 0.1) is 0 Å². The van der Waals surface area contributed by atoms with Gasteiger partial charge >= 0.3 is 0 Å². The monoisotopic (exact) mass is 309 g/mol. The highest BCUT2D eigenvalue weighted by Crippen LogP contribution is 2.10. The third-order valence-corrected chi connectivity index (χ3v) is 2.79. The van der Waals surface area contributed by atoms with Gasteiger partial charge in [-0.15, -0.1) is 0 Å². The van der Waals surface area contributed by atoms with Crippen molar-refractivity contribution in [1.29, 1.82) is 0 Å². The van der Waals surface area contributed by atoms with Crippen molar-refractivity contribution in [3.8, 4) is 5.95 Å². The van der Waals surface area contributed by atoms with Crippen molar-refractivity contribution in [2.24, 2.45) is 0 Å². The molecule has 0 saturated heterocycles. The first-order chi connectivity index (χ1) is 10.1. The number of halogens is 1. The smallest absolute Gasteiger partial charge is 0.242 e. The molecule has 21 heavy (non-hydrogen) atoms. The van der Waals surface area contributed by atoms with E-state index in [2.05, 4.69) is 30.6 Å². The Morgan fingerprint density at radius 2 is 2.24 bits per heavy atom. The molecule has 8 nitrogen and oxygen atoms in total. The zero-order chi connectivity index (χ0) is 15.2. The van der Waals surface area contributed by atoms with Crippen molar-refractivity contribution < 1.29 is 4.79 Å². The normalized spacial score (nSPS) is 12.0. The van der Waals surface area contributed by atoms with Crippen LogP contribution in [-0.2, 0) is 4.79 Å². The maximum atomic E-state index is 11.8. The van der Waals surface area contributed by atoms with Crippen LogP contribution < -0.4 is 10.6 Å². The minimum absolute atomic E-state index is 0.0392. The van der Waals surface area contributed by atoms with Crippen molar-refractivity contribution in [2.45, 2.75) is 26.3 Å². The first kappa shape index (κ1) is 15.2. The van der Waals surface area contributed by atoms with Crippen LogP contribution in [0.1, 0.15) is 20.3 Å². The minimum Gasteiger partial charge on any atom is -0.354 e. The Balaban J connectivity index is 2.11. The van der Waals surface area contributed by atoms with Gasteiger partial charge in [-0.1, -0.05) is 6.92 Å². The molecule has 0 fully saturated rings. The van der Waals surface area contributed by atoms with Crippen LogP contribution in [0.15, 0.2) is 18.7 Å². The van der Waals surface area contributed by atoms with Gasteiger partial charge in [0.1, 0.15) is 12.4 Å². The lowest BCUT2D eigenvalue weighted by atomic mass is 10.3. The van der Waals surface area contributed by atoms with Crippen LogP contribution in [0.25, 0.3) is 5.95 Å². The van der Waals surface area contributed by atoms with Crippen LogP contribution in [0.5, 0.6) is 0 Å². The molecule has 2 aromatic rings. The van der Waals surface area contributed by atoms with Gasteiger partial charge in [0, 0.05) is 18.9 Å². The summed E-state index contributed by atoms with van der Waals surface area (Å²) in [4.78, 5) is 27.9. The van der Waals surface area contributed by atoms with Crippen molar-refractivity contribution >= 4 is 23.5 Å². The molecule has 1 unspecified atom stereocenters. The fraction of sp³-hybridized carbons (Fsp3) is 0.417. The standard InChI is InChI=1S/C12H16ClN7O/c1-3-4-15-9(21)8(2)16-11-17-10(13)18-12(19-11)20-6-5-14-7-20/h5-8H,3-4H2,1-2H3,(H,15,21)(H,16,17,18,19). The molecule has 0 saturated carbocycles. The van der Waals surface area contributed by atoms with Gasteiger partial charge in [-0.2, -0.15) is 15.0 Å². The molecular formula is C12H16ClN7O. The van der Waals surface area contributed by atoms with Gasteiger partial charge in [0.15, 0.2) is 0 Å². The lowest BCUT2D eigenvalue weighted by molar-refractivity contribution is -0.121. The van der Waals surface area contributed by atoms with E-state index in [1.165, 1.54) is 0 Å². The topological polar surface area (TPSA) is 97.6 Å². The van der Waals surface area contributed by atoms with Crippen LogP contribution >= 0.6 is 11.6 Å². The number of hydrogen-bond acceptors (Lipinski definition) is 6. The molecule has 1 atom stereocenters. The van der Waals surface area contributed by atoms with E-state index in [1.54, 1.807) is 30.2 Å². The molecule has 2 aromatic heterocycles. The quantitative estimate of drug-likeness (QED) is 0.827. The molecule has 0 aliphatic rings. The number of carbonyl (C=O) groups is 1. The third kappa shape index (κ3) is 4.12. The summed E-state index contributed by atoms with van der Waals surface area (Å²) in [7, 11) is 0. The lowest BCUT2D eigenvalue weighted by Crippen LogP contribution is -2.38. The van der Waals surface area contributed by atoms with E-state index in [1.807, 2.05) is 6.92 Å². The SMILES string of the molecule is CCCNC(=O)C(C)Nc1nc(Cl)nc(-n2ccnc2)n1. The lowest BCUT2D eigenvalue weighted by Gasteiger charge is -2.14. The highest BCUT2D eigenvalue weighted by atomic mass is 35.5. The van der Waals surface area contributed by atoms with E-state index in [4.69, 9.17) is 11.6 Å². The fourth-order valence-electron chi connectivity index (χ4n) is 1.56. The van der Waals surface area contributed by atoms with E-state index in [0.29, 0.717) is 12.5 Å². The van der Waals surface area contributed by atoms with Gasteiger partial charge in [-0.05, 0) is 24.9 Å². The van der Waals surface area contributed by atoms with E-state index < -0.39 is 6.04 Å². The Kier molecular flexibility index (Phi) is 5.04. The van der Waals surface area contributed by atoms with Crippen LogP contribution in [0, 0.1) is 0 Å². The zero-order valence-electron chi connectivity index (χ0n) is 11.7. The molecule has 0 bridgehead atoms. The Morgan fingerprint density at radius 3 is 2.90 bits per heavy atom. The van der Waals surface area contributed by atoms with Gasteiger partial charge in [-0.25, -0.2) is 4.98 Å². The molecule has 0 aromatic carbocycles. The average Bonchev–Trinajstić information content (AvgIpc) is 2.98. The maximum Gasteiger partial charge on any atom is 0.242 e. The number of nitrogens with one attached hydrogen (secondary N) is 2. The summed E-state index contributed by atoms with van der Waals surface area (Å²) < 4.78 is 1.60. The number of hydrogen-bond donors (Lipinski definition) is 2. The summed E-state index contributed by atoms with van der Waals surface area (Å²) in [5.41, 5.74) is 0. The third-order valence-electron chi connectivity index (χ3n) is 2.62. The average molecular weight is 310 g/mol. The van der Waals surface area contributed by atoms with Crippen molar-refractivity contribution in [3.05, 3.63) is 24.0 Å². The van der Waals surface area contributed by atoms with E-state index >= 15 is 0 Å². The summed E-state index contributed by atoms with van der Waals surface area (Å²) in [6, 6.07) is -0.481. The molecule has 2 rings (SSSR count). The second-order valence-corrected chi connectivity index (χ2v) is 4.69. The Bertz CT molecular complexity index is 602. The van der Waals surface area contributed by atoms with E-state index in [0.717, 1.165) is 6.42 Å². The zero-order valence-corrected chi connectivity index (χ0v) is 12.5. The number of anilines is 1. The van der Waals surface area contributed by atoms with Crippen LogP contribution in [0.3, 0.4) is 0 Å². The summed E-state index contributed by atoms with van der Waals surface area (Å²) >= 11 is 5.88. The van der Waals surface area contributed by atoms with Crippen LogP contribution in [0.2, 0.25) is 5.28 Å². The van der Waals surface area contributed by atoms with E-state index in [-0.39, 0.29) is 17.1 Å². The summed E-state index contributed by atoms with van der Waals surface area (Å²) in [6.07, 6.45) is 5.71. The highest BCUT2D eigenvalue weighted by Gasteiger charge is 2.14. The first-order valence-corrected chi connectivity index (χ1v) is 6.92. The Labute approximate surface area is 127 Å². The van der Waals surface area contributed by atoms with Crippen LogP contribution in [-0.4, -0.2) is 43.0 Å². The van der Waals surface area contributed by atoms with Crippen molar-refractivity contribution in [3.63, 3.8) is 0 Å². The summed E-state index contributed by atoms with van der Waals surface area (Å²) in [5, 5.41) is 5.73. The van der Waals surface area contributed by atoms with Gasteiger partial charge in [0.2, 0.25) is 23.1 Å². The number of nitrogens with zero attached hydrogens (tertiary/aromatic N) is 5. The predicted molar refractivity (Wildman–Crippen MR) is 78.3 cm³/mol. The number of amides is 1. The second kappa shape index (κ2) is 6.98. The fourth-order valence-corrected chi connectivity index (χ4v) is 1.71. The molecule has 0 aliphatic heterocycles. The Hall–Kier alpha value is -2.22. The second-order valence-electron chi connectivity index (χ2n) is 4.36. The first-order valence-electron chi connectivity index (χ1n) is 6.54. The number of aromatic nitrogens is 5. The largest absolute Gasteiger partial charge is 0.354 e. The minimum atomic E-state index is -0.481. The number of imidazole rings is 1. The molecule has 2 N–H and O–H groups in total. The molecule has 112 valence electrons. The molecule has 2 heterocycles. The van der Waals surface area contributed by atoms with Gasteiger partial charge < -0.3 is 10.6 Å². The molecular weight excluding hydrogens is 294 g/mol. The van der Waals surface area contributed by atoms with E-state index in [9.17, 15) is 4.79 Å². The molecule has 0 aliphatic carbocycles. The van der Waals surface area contributed by atoms with Crippen molar-refractivity contribution in [1.82, 2.24) is 29.8 Å². The Morgan fingerprint density at radius 1 is 1.43 bits per heavy atom. The van der Waals surface area contributed by atoms with Crippen LogP contribution in [0.4, 0.5) is 5.95 Å². The molecule has 0 radical (unpaired) electrons. The summed E-state index contributed by atoms with van der Waals surface area (Å²) in [5.74, 6) is 0.437. The predicted octanol–water partition coefficient (Wildman–Crippen LogP) is 1.04. The number of carbonyl (C=O) groups excluding carboxylic acids is 1. The van der Waals surface area contributed by atoms with Crippen molar-refractivity contribution in [2.75, 3.05) is 11.9 Å². The molecule has 9 heteroatoms. The molecule has 0 spiro atoms. The van der Waals surface area contributed by atoms with Gasteiger partial charge in [0.25, 0.3) is 0 Å². The summed E-state index contributed by atoms with van der Waals surface area (Å²) in [6.45, 7) is 4.34. The van der Waals surface area contributed by atoms with Gasteiger partial charge in [-0.3, -0.25) is 9.36 Å². The molecule has 1 amide bonds. The highest BCUT2D eigenvalue weighted by molar-refractivity contribution is 6.28. The number of rotatable bonds is 6. The maximum absolute atomic E-state index is 11.8.